The highest BCUT2D eigenvalue weighted by molar-refractivity contribution is 7.85. The number of fused-ring (bicyclic) bond motifs is 3. The van der Waals surface area contributed by atoms with Crippen molar-refractivity contribution in [2.75, 3.05) is 5.75 Å². The lowest BCUT2D eigenvalue weighted by Crippen LogP contribution is -2.21. The van der Waals surface area contributed by atoms with E-state index in [1.807, 2.05) is 12.3 Å². The third-order valence-electron chi connectivity index (χ3n) is 4.68. The van der Waals surface area contributed by atoms with Gasteiger partial charge in [-0.15, -0.1) is 5.10 Å². The SMILES string of the molecule is O=S(=O)(O)CC1CCC(c2nnn3cnc4[nH]ccc4c23)CC1. The second-order valence-electron chi connectivity index (χ2n) is 6.22. The molecule has 1 aliphatic rings. The first-order valence-electron chi connectivity index (χ1n) is 7.63. The molecule has 2 N–H and O–H groups in total. The molecule has 3 heterocycles. The smallest absolute Gasteiger partial charge is 0.265 e. The molecule has 0 bridgehead atoms. The van der Waals surface area contributed by atoms with Gasteiger partial charge in [0.25, 0.3) is 10.1 Å². The zero-order chi connectivity index (χ0) is 16.0. The van der Waals surface area contributed by atoms with Crippen LogP contribution in [0.3, 0.4) is 0 Å². The molecule has 23 heavy (non-hydrogen) atoms. The van der Waals surface area contributed by atoms with Gasteiger partial charge >= 0.3 is 0 Å². The zero-order valence-corrected chi connectivity index (χ0v) is 13.2. The lowest BCUT2D eigenvalue weighted by atomic mass is 9.81. The Kier molecular flexibility index (Phi) is 3.34. The van der Waals surface area contributed by atoms with Crippen molar-refractivity contribution in [3.63, 3.8) is 0 Å². The van der Waals surface area contributed by atoms with Gasteiger partial charge in [0.1, 0.15) is 17.5 Å². The van der Waals surface area contributed by atoms with Gasteiger partial charge in [0.15, 0.2) is 0 Å². The van der Waals surface area contributed by atoms with Crippen LogP contribution in [0, 0.1) is 5.92 Å². The molecule has 1 saturated carbocycles. The molecule has 0 aromatic carbocycles. The summed E-state index contributed by atoms with van der Waals surface area (Å²) < 4.78 is 32.7. The molecule has 9 heteroatoms. The molecule has 0 atom stereocenters. The van der Waals surface area contributed by atoms with E-state index in [1.54, 1.807) is 10.8 Å². The fourth-order valence-electron chi connectivity index (χ4n) is 3.59. The van der Waals surface area contributed by atoms with Crippen LogP contribution >= 0.6 is 0 Å². The molecule has 0 unspecified atom stereocenters. The summed E-state index contributed by atoms with van der Waals surface area (Å²) in [4.78, 5) is 7.38. The monoisotopic (exact) mass is 335 g/mol. The van der Waals surface area contributed by atoms with E-state index < -0.39 is 10.1 Å². The van der Waals surface area contributed by atoms with Crippen molar-refractivity contribution in [1.29, 1.82) is 0 Å². The Morgan fingerprint density at radius 3 is 2.83 bits per heavy atom. The standard InChI is InChI=1S/C14H17N5O3S/c20-23(21,22)7-9-1-3-10(4-2-9)12-13-11-5-6-15-14(11)16-8-19(13)18-17-12/h5-6,8-10,15H,1-4,7H2,(H,20,21,22). The van der Waals surface area contributed by atoms with Gasteiger partial charge in [-0.3, -0.25) is 4.55 Å². The van der Waals surface area contributed by atoms with Crippen molar-refractivity contribution >= 4 is 26.7 Å². The van der Waals surface area contributed by atoms with Gasteiger partial charge in [-0.25, -0.2) is 9.50 Å². The van der Waals surface area contributed by atoms with E-state index >= 15 is 0 Å². The van der Waals surface area contributed by atoms with E-state index in [0.717, 1.165) is 47.9 Å². The first kappa shape index (κ1) is 14.6. The van der Waals surface area contributed by atoms with Crippen molar-refractivity contribution in [2.45, 2.75) is 31.6 Å². The fraction of sp³-hybridized carbons (Fsp3) is 0.500. The molecule has 0 radical (unpaired) electrons. The van der Waals surface area contributed by atoms with Crippen LogP contribution in [-0.2, 0) is 10.1 Å². The molecular weight excluding hydrogens is 318 g/mol. The van der Waals surface area contributed by atoms with Gasteiger partial charge in [-0.1, -0.05) is 5.21 Å². The zero-order valence-electron chi connectivity index (χ0n) is 12.4. The summed E-state index contributed by atoms with van der Waals surface area (Å²) in [6.45, 7) is 0. The third kappa shape index (κ3) is 2.70. The van der Waals surface area contributed by atoms with Gasteiger partial charge in [0.2, 0.25) is 0 Å². The lowest BCUT2D eigenvalue weighted by molar-refractivity contribution is 0.339. The number of hydrogen-bond donors (Lipinski definition) is 2. The van der Waals surface area contributed by atoms with E-state index in [9.17, 15) is 8.42 Å². The summed E-state index contributed by atoms with van der Waals surface area (Å²) in [6.07, 6.45) is 6.73. The third-order valence-corrected chi connectivity index (χ3v) is 5.57. The van der Waals surface area contributed by atoms with Crippen LogP contribution in [-0.4, -0.2) is 43.5 Å². The molecular formula is C14H17N5O3S. The van der Waals surface area contributed by atoms with E-state index in [1.165, 1.54) is 0 Å². The van der Waals surface area contributed by atoms with Crippen LogP contribution in [0.25, 0.3) is 16.6 Å². The molecule has 3 aromatic rings. The minimum Gasteiger partial charge on any atom is -0.346 e. The Hall–Kier alpha value is -2.00. The maximum atomic E-state index is 11.0. The van der Waals surface area contributed by atoms with Crippen LogP contribution < -0.4 is 0 Å². The highest BCUT2D eigenvalue weighted by Gasteiger charge is 2.28. The van der Waals surface area contributed by atoms with Gasteiger partial charge in [-0.2, -0.15) is 8.42 Å². The highest BCUT2D eigenvalue weighted by Crippen LogP contribution is 2.37. The number of rotatable bonds is 3. The summed E-state index contributed by atoms with van der Waals surface area (Å²) in [6, 6.07) is 1.97. The second kappa shape index (κ2) is 5.27. The topological polar surface area (TPSA) is 113 Å². The van der Waals surface area contributed by atoms with Crippen LogP contribution in [0.2, 0.25) is 0 Å². The van der Waals surface area contributed by atoms with Crippen molar-refractivity contribution in [3.05, 3.63) is 24.3 Å². The second-order valence-corrected chi connectivity index (χ2v) is 7.72. The maximum Gasteiger partial charge on any atom is 0.265 e. The number of hydrogen-bond acceptors (Lipinski definition) is 5. The molecule has 0 spiro atoms. The Morgan fingerprint density at radius 2 is 2.09 bits per heavy atom. The molecule has 0 saturated heterocycles. The molecule has 122 valence electrons. The van der Waals surface area contributed by atoms with Crippen molar-refractivity contribution in [2.24, 2.45) is 5.92 Å². The van der Waals surface area contributed by atoms with Crippen LogP contribution in [0.5, 0.6) is 0 Å². The lowest BCUT2D eigenvalue weighted by Gasteiger charge is -2.26. The van der Waals surface area contributed by atoms with Crippen LogP contribution in [0.4, 0.5) is 0 Å². The molecule has 1 aliphatic carbocycles. The summed E-state index contributed by atoms with van der Waals surface area (Å²) in [7, 11) is -3.90. The Bertz CT molecular complexity index is 953. The van der Waals surface area contributed by atoms with Gasteiger partial charge in [0, 0.05) is 17.5 Å². The van der Waals surface area contributed by atoms with Gasteiger partial charge < -0.3 is 4.98 Å². The molecule has 0 aliphatic heterocycles. The normalized spacial score (nSPS) is 22.8. The number of aromatic nitrogens is 5. The first-order chi connectivity index (χ1) is 11.0. The minimum absolute atomic E-state index is 0.0250. The number of aromatic amines is 1. The average molecular weight is 335 g/mol. The highest BCUT2D eigenvalue weighted by atomic mass is 32.2. The molecule has 3 aromatic heterocycles. The predicted molar refractivity (Wildman–Crippen MR) is 83.8 cm³/mol. The first-order valence-corrected chi connectivity index (χ1v) is 9.24. The van der Waals surface area contributed by atoms with E-state index in [0.29, 0.717) is 0 Å². The Morgan fingerprint density at radius 1 is 1.30 bits per heavy atom. The largest absolute Gasteiger partial charge is 0.346 e. The quantitative estimate of drug-likeness (QED) is 0.705. The summed E-state index contributed by atoms with van der Waals surface area (Å²) in [5, 5.41) is 9.49. The van der Waals surface area contributed by atoms with Crippen molar-refractivity contribution < 1.29 is 13.0 Å². The predicted octanol–water partition coefficient (Wildman–Crippen LogP) is 1.77. The number of nitrogens with one attached hydrogen (secondary N) is 1. The minimum atomic E-state index is -3.90. The van der Waals surface area contributed by atoms with Gasteiger partial charge in [0.05, 0.1) is 11.4 Å². The van der Waals surface area contributed by atoms with Crippen molar-refractivity contribution in [1.82, 2.24) is 24.8 Å². The van der Waals surface area contributed by atoms with E-state index in [2.05, 4.69) is 20.3 Å². The number of H-pyrrole nitrogens is 1. The Balaban J connectivity index is 1.62. The summed E-state index contributed by atoms with van der Waals surface area (Å²) in [5.74, 6) is 0.135. The number of nitrogens with zero attached hydrogens (tertiary/aromatic N) is 4. The van der Waals surface area contributed by atoms with E-state index in [4.69, 9.17) is 4.55 Å². The summed E-state index contributed by atoms with van der Waals surface area (Å²) in [5.41, 5.74) is 2.72. The molecule has 1 fully saturated rings. The van der Waals surface area contributed by atoms with Crippen LogP contribution in [0.15, 0.2) is 18.6 Å². The van der Waals surface area contributed by atoms with E-state index in [-0.39, 0.29) is 17.6 Å². The van der Waals surface area contributed by atoms with Crippen molar-refractivity contribution in [3.8, 4) is 0 Å². The molecule has 8 nitrogen and oxygen atoms in total. The maximum absolute atomic E-state index is 11.0. The molecule has 4 rings (SSSR count). The fourth-order valence-corrected chi connectivity index (χ4v) is 4.52. The Labute approximate surface area is 132 Å². The average Bonchev–Trinajstić information content (AvgIpc) is 3.12. The van der Waals surface area contributed by atoms with Crippen LogP contribution in [0.1, 0.15) is 37.3 Å². The summed E-state index contributed by atoms with van der Waals surface area (Å²) >= 11 is 0. The van der Waals surface area contributed by atoms with Gasteiger partial charge in [-0.05, 0) is 37.7 Å². The molecule has 0 amide bonds.